The monoisotopic (exact) mass is 332 g/mol. The molecule has 0 bridgehead atoms. The summed E-state index contributed by atoms with van der Waals surface area (Å²) in [6.07, 6.45) is 10.9. The number of carboxylic acid groups (broad SMARTS) is 1. The van der Waals surface area contributed by atoms with Crippen LogP contribution in [-0.4, -0.2) is 38.3 Å². The van der Waals surface area contributed by atoms with E-state index in [1.54, 1.807) is 0 Å². The average Bonchev–Trinajstić information content (AvgIpc) is 2.49. The van der Waals surface area contributed by atoms with Crippen LogP contribution in [0, 0.1) is 0 Å². The molecule has 0 aromatic rings. The molecule has 1 atom stereocenters. The molecule has 0 aliphatic rings. The third-order valence-electron chi connectivity index (χ3n) is 4.27. The fourth-order valence-corrected chi connectivity index (χ4v) is 2.71. The van der Waals surface area contributed by atoms with Crippen LogP contribution < -0.4 is 0 Å². The molecule has 5 nitrogen and oxygen atoms in total. The Kier molecular flexibility index (Phi) is 13.4. The molecule has 0 amide bonds. The zero-order valence-corrected chi connectivity index (χ0v) is 14.7. The van der Waals surface area contributed by atoms with Crippen LogP contribution >= 0.6 is 0 Å². The number of aliphatic hydroxyl groups excluding tert-OH is 1. The maximum Gasteiger partial charge on any atom is 0.332 e. The van der Waals surface area contributed by atoms with E-state index < -0.39 is 17.9 Å². The Morgan fingerprint density at radius 3 is 1.74 bits per heavy atom. The van der Waals surface area contributed by atoms with Crippen molar-refractivity contribution in [1.29, 1.82) is 0 Å². The number of hydrogen-bond acceptors (Lipinski definition) is 4. The Bertz CT molecular complexity index is 291. The van der Waals surface area contributed by atoms with E-state index in [1.807, 2.05) is 0 Å². The number of carboxylic acids is 1. The molecule has 0 aliphatic carbocycles. The van der Waals surface area contributed by atoms with Crippen LogP contribution in [0.15, 0.2) is 0 Å². The molecule has 0 heterocycles. The molecule has 138 valence electrons. The van der Waals surface area contributed by atoms with Crippen molar-refractivity contribution in [3.63, 3.8) is 0 Å². The highest BCUT2D eigenvalue weighted by molar-refractivity contribution is 5.71. The third-order valence-corrected chi connectivity index (χ3v) is 4.27. The van der Waals surface area contributed by atoms with Gasteiger partial charge in [-0.2, -0.15) is 0 Å². The standard InChI is InChI=1S/C18H36O5/c1-2-3-4-11-14-18(22,23)15-12-9-7-5-6-8-10-13-16(19)17(20)21/h16,19,22-23H,2-15H2,1H3,(H,20,21). The molecule has 0 aromatic carbocycles. The lowest BCUT2D eigenvalue weighted by atomic mass is 9.99. The summed E-state index contributed by atoms with van der Waals surface area (Å²) in [6.45, 7) is 2.14. The van der Waals surface area contributed by atoms with Crippen molar-refractivity contribution in [3.8, 4) is 0 Å². The van der Waals surface area contributed by atoms with E-state index in [9.17, 15) is 15.0 Å². The second-order valence-corrected chi connectivity index (χ2v) is 6.66. The molecular weight excluding hydrogens is 296 g/mol. The van der Waals surface area contributed by atoms with Gasteiger partial charge < -0.3 is 20.4 Å². The highest BCUT2D eigenvalue weighted by atomic mass is 16.5. The molecular formula is C18H36O5. The Morgan fingerprint density at radius 2 is 1.26 bits per heavy atom. The fourth-order valence-electron chi connectivity index (χ4n) is 2.71. The van der Waals surface area contributed by atoms with E-state index in [0.717, 1.165) is 70.6 Å². The molecule has 0 saturated heterocycles. The lowest BCUT2D eigenvalue weighted by molar-refractivity contribution is -0.172. The van der Waals surface area contributed by atoms with Gasteiger partial charge in [0.2, 0.25) is 0 Å². The van der Waals surface area contributed by atoms with Gasteiger partial charge in [0.1, 0.15) is 0 Å². The Balaban J connectivity index is 3.39. The number of carbonyl (C=O) groups is 1. The van der Waals surface area contributed by atoms with E-state index in [-0.39, 0.29) is 0 Å². The SMILES string of the molecule is CCCCCCC(O)(O)CCCCCCCCCC(O)C(=O)O. The molecule has 0 aliphatic heterocycles. The van der Waals surface area contributed by atoms with Crippen molar-refractivity contribution in [2.45, 2.75) is 109 Å². The van der Waals surface area contributed by atoms with Gasteiger partial charge in [0.05, 0.1) is 0 Å². The van der Waals surface area contributed by atoms with E-state index in [0.29, 0.717) is 19.3 Å². The summed E-state index contributed by atoms with van der Waals surface area (Å²) in [5, 5.41) is 37.4. The summed E-state index contributed by atoms with van der Waals surface area (Å²) >= 11 is 0. The van der Waals surface area contributed by atoms with Crippen LogP contribution in [0.3, 0.4) is 0 Å². The van der Waals surface area contributed by atoms with Crippen LogP contribution in [0.1, 0.15) is 96.8 Å². The molecule has 0 saturated carbocycles. The average molecular weight is 332 g/mol. The molecule has 0 radical (unpaired) electrons. The second-order valence-electron chi connectivity index (χ2n) is 6.66. The minimum Gasteiger partial charge on any atom is -0.479 e. The number of aliphatic carboxylic acids is 1. The minimum absolute atomic E-state index is 0.324. The van der Waals surface area contributed by atoms with Crippen molar-refractivity contribution < 1.29 is 25.2 Å². The lowest BCUT2D eigenvalue weighted by Gasteiger charge is -2.21. The molecule has 0 rings (SSSR count). The van der Waals surface area contributed by atoms with Gasteiger partial charge in [-0.3, -0.25) is 0 Å². The number of hydrogen-bond donors (Lipinski definition) is 4. The zero-order chi connectivity index (χ0) is 17.6. The predicted octanol–water partition coefficient (Wildman–Crippen LogP) is 3.59. The molecule has 0 fully saturated rings. The van der Waals surface area contributed by atoms with Gasteiger partial charge in [-0.15, -0.1) is 0 Å². The first kappa shape index (κ1) is 22.4. The third kappa shape index (κ3) is 14.7. The van der Waals surface area contributed by atoms with Gasteiger partial charge in [-0.05, 0) is 19.3 Å². The van der Waals surface area contributed by atoms with Crippen molar-refractivity contribution in [2.24, 2.45) is 0 Å². The number of unbranched alkanes of at least 4 members (excludes halogenated alkanes) is 9. The largest absolute Gasteiger partial charge is 0.479 e. The van der Waals surface area contributed by atoms with E-state index in [2.05, 4.69) is 6.92 Å². The molecule has 0 spiro atoms. The van der Waals surface area contributed by atoms with Gasteiger partial charge >= 0.3 is 5.97 Å². The molecule has 23 heavy (non-hydrogen) atoms. The summed E-state index contributed by atoms with van der Waals surface area (Å²) in [5.74, 6) is -2.64. The van der Waals surface area contributed by atoms with Crippen molar-refractivity contribution >= 4 is 5.97 Å². The van der Waals surface area contributed by atoms with E-state index >= 15 is 0 Å². The Morgan fingerprint density at radius 1 is 0.826 bits per heavy atom. The van der Waals surface area contributed by atoms with Crippen molar-refractivity contribution in [1.82, 2.24) is 0 Å². The van der Waals surface area contributed by atoms with Gasteiger partial charge in [-0.1, -0.05) is 64.7 Å². The maximum absolute atomic E-state index is 10.4. The molecule has 1 unspecified atom stereocenters. The molecule has 5 heteroatoms. The van der Waals surface area contributed by atoms with Crippen LogP contribution in [-0.2, 0) is 4.79 Å². The number of rotatable bonds is 16. The second kappa shape index (κ2) is 13.8. The van der Waals surface area contributed by atoms with Crippen LogP contribution in [0.2, 0.25) is 0 Å². The van der Waals surface area contributed by atoms with Crippen LogP contribution in [0.4, 0.5) is 0 Å². The molecule has 4 N–H and O–H groups in total. The normalized spacial score (nSPS) is 13.2. The predicted molar refractivity (Wildman–Crippen MR) is 91.1 cm³/mol. The molecule has 0 aromatic heterocycles. The Labute approximate surface area is 140 Å². The summed E-state index contributed by atoms with van der Waals surface area (Å²) in [6, 6.07) is 0. The lowest BCUT2D eigenvalue weighted by Crippen LogP contribution is -2.27. The van der Waals surface area contributed by atoms with Crippen LogP contribution in [0.25, 0.3) is 0 Å². The van der Waals surface area contributed by atoms with Gasteiger partial charge in [-0.25, -0.2) is 4.79 Å². The Hall–Kier alpha value is -0.650. The van der Waals surface area contributed by atoms with E-state index in [4.69, 9.17) is 10.2 Å². The highest BCUT2D eigenvalue weighted by Crippen LogP contribution is 2.20. The zero-order valence-electron chi connectivity index (χ0n) is 14.7. The first-order valence-electron chi connectivity index (χ1n) is 9.24. The van der Waals surface area contributed by atoms with Crippen LogP contribution in [0.5, 0.6) is 0 Å². The van der Waals surface area contributed by atoms with Gasteiger partial charge in [0.25, 0.3) is 0 Å². The van der Waals surface area contributed by atoms with E-state index in [1.165, 1.54) is 0 Å². The minimum atomic E-state index is -1.50. The first-order valence-corrected chi connectivity index (χ1v) is 9.24. The van der Waals surface area contributed by atoms with Gasteiger partial charge in [0.15, 0.2) is 11.9 Å². The summed E-state index contributed by atoms with van der Waals surface area (Å²) in [5.41, 5.74) is 0. The maximum atomic E-state index is 10.4. The number of aliphatic hydroxyl groups is 3. The highest BCUT2D eigenvalue weighted by Gasteiger charge is 2.21. The fraction of sp³-hybridized carbons (Fsp3) is 0.944. The van der Waals surface area contributed by atoms with Crippen molar-refractivity contribution in [3.05, 3.63) is 0 Å². The summed E-state index contributed by atoms with van der Waals surface area (Å²) in [4.78, 5) is 10.4. The topological polar surface area (TPSA) is 98.0 Å². The van der Waals surface area contributed by atoms with Gasteiger partial charge in [0, 0.05) is 12.8 Å². The summed E-state index contributed by atoms with van der Waals surface area (Å²) < 4.78 is 0. The summed E-state index contributed by atoms with van der Waals surface area (Å²) in [7, 11) is 0. The van der Waals surface area contributed by atoms with Crippen molar-refractivity contribution in [2.75, 3.05) is 0 Å². The first-order chi connectivity index (χ1) is 10.9. The smallest absolute Gasteiger partial charge is 0.332 e. The quantitative estimate of drug-likeness (QED) is 0.256.